The summed E-state index contributed by atoms with van der Waals surface area (Å²) in [4.78, 5) is 22.9. The van der Waals surface area contributed by atoms with Gasteiger partial charge in [-0.05, 0) is 37.0 Å². The largest absolute Gasteiger partial charge is 0.459 e. The SMILES string of the molecule is CNc1ccnc(N2CCCC(CNC(=O)c3ccco3)C2)n1. The van der Waals surface area contributed by atoms with Crippen LogP contribution in [0.4, 0.5) is 11.8 Å². The molecule has 23 heavy (non-hydrogen) atoms. The molecular formula is C16H21N5O2. The fourth-order valence-corrected chi connectivity index (χ4v) is 2.79. The Morgan fingerprint density at radius 1 is 1.48 bits per heavy atom. The molecule has 1 unspecified atom stereocenters. The van der Waals surface area contributed by atoms with Crippen molar-refractivity contribution in [2.75, 3.05) is 36.9 Å². The van der Waals surface area contributed by atoms with Crippen LogP contribution in [-0.4, -0.2) is 42.6 Å². The molecule has 1 fully saturated rings. The number of carbonyl (C=O) groups is 1. The van der Waals surface area contributed by atoms with Gasteiger partial charge in [0.1, 0.15) is 5.82 Å². The van der Waals surface area contributed by atoms with Crippen molar-refractivity contribution in [3.05, 3.63) is 36.4 Å². The highest BCUT2D eigenvalue weighted by Crippen LogP contribution is 2.20. The summed E-state index contributed by atoms with van der Waals surface area (Å²) >= 11 is 0. The molecular weight excluding hydrogens is 294 g/mol. The lowest BCUT2D eigenvalue weighted by atomic mass is 9.98. The minimum atomic E-state index is -0.166. The Hall–Kier alpha value is -2.57. The van der Waals surface area contributed by atoms with E-state index in [1.165, 1.54) is 6.26 Å². The van der Waals surface area contributed by atoms with Crippen LogP contribution in [-0.2, 0) is 0 Å². The number of hydrogen-bond acceptors (Lipinski definition) is 6. The number of amides is 1. The zero-order valence-electron chi connectivity index (χ0n) is 13.2. The summed E-state index contributed by atoms with van der Waals surface area (Å²) in [7, 11) is 1.84. The molecule has 7 heteroatoms. The molecule has 0 radical (unpaired) electrons. The minimum Gasteiger partial charge on any atom is -0.459 e. The lowest BCUT2D eigenvalue weighted by Crippen LogP contribution is -2.41. The van der Waals surface area contributed by atoms with Crippen LogP contribution in [0.1, 0.15) is 23.4 Å². The molecule has 122 valence electrons. The van der Waals surface area contributed by atoms with Gasteiger partial charge in [0.05, 0.1) is 6.26 Å². The summed E-state index contributed by atoms with van der Waals surface area (Å²) in [5.74, 6) is 2.11. The summed E-state index contributed by atoms with van der Waals surface area (Å²) in [6.45, 7) is 2.41. The van der Waals surface area contributed by atoms with Crippen molar-refractivity contribution in [3.63, 3.8) is 0 Å². The normalized spacial score (nSPS) is 17.8. The zero-order chi connectivity index (χ0) is 16.1. The second kappa shape index (κ2) is 7.13. The van der Waals surface area contributed by atoms with Gasteiger partial charge in [-0.25, -0.2) is 4.98 Å². The fraction of sp³-hybridized carbons (Fsp3) is 0.438. The first-order valence-corrected chi connectivity index (χ1v) is 7.83. The molecule has 2 aromatic rings. The van der Waals surface area contributed by atoms with E-state index in [2.05, 4.69) is 25.5 Å². The minimum absolute atomic E-state index is 0.166. The molecule has 3 rings (SSSR count). The van der Waals surface area contributed by atoms with E-state index in [0.717, 1.165) is 37.7 Å². The van der Waals surface area contributed by atoms with E-state index in [9.17, 15) is 4.79 Å². The monoisotopic (exact) mass is 315 g/mol. The number of rotatable bonds is 5. The third-order valence-electron chi connectivity index (χ3n) is 4.00. The number of nitrogens with one attached hydrogen (secondary N) is 2. The van der Waals surface area contributed by atoms with Crippen LogP contribution in [0.5, 0.6) is 0 Å². The van der Waals surface area contributed by atoms with Crippen LogP contribution in [0.2, 0.25) is 0 Å². The molecule has 1 saturated heterocycles. The molecule has 3 heterocycles. The summed E-state index contributed by atoms with van der Waals surface area (Å²) in [6, 6.07) is 5.22. The standard InChI is InChI=1S/C16H21N5O2/c1-17-14-6-7-18-16(20-14)21-8-2-4-12(11-21)10-19-15(22)13-5-3-9-23-13/h3,5-7,9,12H,2,4,8,10-11H2,1H3,(H,19,22)(H,17,18,20). The number of aromatic nitrogens is 2. The fourth-order valence-electron chi connectivity index (χ4n) is 2.79. The highest BCUT2D eigenvalue weighted by molar-refractivity contribution is 5.91. The maximum Gasteiger partial charge on any atom is 0.286 e. The predicted octanol–water partition coefficient (Wildman–Crippen LogP) is 1.76. The molecule has 0 aromatic carbocycles. The molecule has 1 aliphatic heterocycles. The number of furan rings is 1. The van der Waals surface area contributed by atoms with Crippen LogP contribution >= 0.6 is 0 Å². The van der Waals surface area contributed by atoms with Gasteiger partial charge < -0.3 is 20.0 Å². The van der Waals surface area contributed by atoms with E-state index >= 15 is 0 Å². The first-order valence-electron chi connectivity index (χ1n) is 7.83. The number of hydrogen-bond donors (Lipinski definition) is 2. The van der Waals surface area contributed by atoms with Crippen molar-refractivity contribution in [2.45, 2.75) is 12.8 Å². The molecule has 0 bridgehead atoms. The maximum atomic E-state index is 11.9. The quantitative estimate of drug-likeness (QED) is 0.875. The van der Waals surface area contributed by atoms with Gasteiger partial charge in [-0.2, -0.15) is 4.98 Å². The van der Waals surface area contributed by atoms with Gasteiger partial charge in [-0.3, -0.25) is 4.79 Å². The average molecular weight is 315 g/mol. The van der Waals surface area contributed by atoms with Crippen molar-refractivity contribution in [2.24, 2.45) is 5.92 Å². The van der Waals surface area contributed by atoms with E-state index in [0.29, 0.717) is 18.2 Å². The molecule has 0 spiro atoms. The molecule has 1 amide bonds. The first kappa shape index (κ1) is 15.3. The average Bonchev–Trinajstić information content (AvgIpc) is 3.15. The van der Waals surface area contributed by atoms with Gasteiger partial charge in [0.2, 0.25) is 5.95 Å². The number of piperidine rings is 1. The second-order valence-corrected chi connectivity index (χ2v) is 5.63. The maximum absolute atomic E-state index is 11.9. The molecule has 7 nitrogen and oxygen atoms in total. The van der Waals surface area contributed by atoms with Gasteiger partial charge >= 0.3 is 0 Å². The van der Waals surface area contributed by atoms with E-state index in [-0.39, 0.29) is 5.91 Å². The van der Waals surface area contributed by atoms with Crippen molar-refractivity contribution in [3.8, 4) is 0 Å². The second-order valence-electron chi connectivity index (χ2n) is 5.63. The topological polar surface area (TPSA) is 83.3 Å². The Morgan fingerprint density at radius 3 is 3.17 bits per heavy atom. The van der Waals surface area contributed by atoms with Crippen molar-refractivity contribution in [1.82, 2.24) is 15.3 Å². The number of anilines is 2. The Bertz CT molecular complexity index is 644. The first-order chi connectivity index (χ1) is 11.3. The Labute approximate surface area is 135 Å². The van der Waals surface area contributed by atoms with E-state index < -0.39 is 0 Å². The summed E-state index contributed by atoms with van der Waals surface area (Å²) < 4.78 is 5.10. The Balaban J connectivity index is 1.56. The molecule has 2 N–H and O–H groups in total. The number of carbonyl (C=O) groups excluding carboxylic acids is 1. The Morgan fingerprint density at radius 2 is 2.39 bits per heavy atom. The number of nitrogens with zero attached hydrogens (tertiary/aromatic N) is 3. The van der Waals surface area contributed by atoms with Gasteiger partial charge in [-0.15, -0.1) is 0 Å². The zero-order valence-corrected chi connectivity index (χ0v) is 13.2. The van der Waals surface area contributed by atoms with Crippen LogP contribution < -0.4 is 15.5 Å². The predicted molar refractivity (Wildman–Crippen MR) is 87.6 cm³/mol. The van der Waals surface area contributed by atoms with Crippen molar-refractivity contribution < 1.29 is 9.21 Å². The van der Waals surface area contributed by atoms with Crippen LogP contribution in [0.3, 0.4) is 0 Å². The van der Waals surface area contributed by atoms with Crippen LogP contribution in [0.25, 0.3) is 0 Å². The molecule has 1 aliphatic rings. The Kier molecular flexibility index (Phi) is 4.75. The third-order valence-corrected chi connectivity index (χ3v) is 4.00. The smallest absolute Gasteiger partial charge is 0.286 e. The van der Waals surface area contributed by atoms with Gasteiger partial charge in [0.25, 0.3) is 5.91 Å². The van der Waals surface area contributed by atoms with E-state index in [4.69, 9.17) is 4.42 Å². The summed E-state index contributed by atoms with van der Waals surface area (Å²) in [5, 5.41) is 5.96. The van der Waals surface area contributed by atoms with E-state index in [1.54, 1.807) is 18.3 Å². The van der Waals surface area contributed by atoms with Gasteiger partial charge in [0, 0.05) is 32.9 Å². The van der Waals surface area contributed by atoms with Gasteiger partial charge in [0.15, 0.2) is 5.76 Å². The molecule has 0 saturated carbocycles. The van der Waals surface area contributed by atoms with Crippen molar-refractivity contribution >= 4 is 17.7 Å². The highest BCUT2D eigenvalue weighted by Gasteiger charge is 2.22. The summed E-state index contributed by atoms with van der Waals surface area (Å²) in [5.41, 5.74) is 0. The van der Waals surface area contributed by atoms with Crippen LogP contribution in [0.15, 0.2) is 35.1 Å². The molecule has 0 aliphatic carbocycles. The molecule has 1 atom stereocenters. The van der Waals surface area contributed by atoms with Crippen molar-refractivity contribution in [1.29, 1.82) is 0 Å². The van der Waals surface area contributed by atoms with E-state index in [1.807, 2.05) is 13.1 Å². The lowest BCUT2D eigenvalue weighted by molar-refractivity contribution is 0.0918. The molecule has 2 aromatic heterocycles. The highest BCUT2D eigenvalue weighted by atomic mass is 16.3. The third kappa shape index (κ3) is 3.80. The lowest BCUT2D eigenvalue weighted by Gasteiger charge is -2.32. The van der Waals surface area contributed by atoms with Crippen LogP contribution in [0, 0.1) is 5.92 Å². The summed E-state index contributed by atoms with van der Waals surface area (Å²) in [6.07, 6.45) is 5.41. The van der Waals surface area contributed by atoms with Gasteiger partial charge in [-0.1, -0.05) is 0 Å².